The van der Waals surface area contributed by atoms with E-state index in [9.17, 15) is 14.0 Å². The van der Waals surface area contributed by atoms with E-state index in [1.54, 1.807) is 24.3 Å². The van der Waals surface area contributed by atoms with E-state index < -0.39 is 5.97 Å². The summed E-state index contributed by atoms with van der Waals surface area (Å²) < 4.78 is 14.3. The molecule has 0 spiro atoms. The molecular formula is C17H14FN5O3S. The van der Waals surface area contributed by atoms with Gasteiger partial charge in [0.05, 0.1) is 17.0 Å². The molecule has 1 aromatic heterocycles. The molecular weight excluding hydrogens is 373 g/mol. The van der Waals surface area contributed by atoms with E-state index in [1.165, 1.54) is 28.9 Å². The third-order valence-corrected chi connectivity index (χ3v) is 4.45. The van der Waals surface area contributed by atoms with Crippen LogP contribution in [0.3, 0.4) is 0 Å². The Morgan fingerprint density at radius 2 is 1.81 bits per heavy atom. The van der Waals surface area contributed by atoms with Gasteiger partial charge in [-0.05, 0) is 52.4 Å². The summed E-state index contributed by atoms with van der Waals surface area (Å²) >= 11 is 1.14. The third kappa shape index (κ3) is 4.88. The van der Waals surface area contributed by atoms with Crippen LogP contribution < -0.4 is 5.32 Å². The third-order valence-electron chi connectivity index (χ3n) is 3.54. The number of carbonyl (C=O) groups is 2. The van der Waals surface area contributed by atoms with Crippen LogP contribution in [0.5, 0.6) is 0 Å². The van der Waals surface area contributed by atoms with E-state index in [-0.39, 0.29) is 23.0 Å². The number of aromatic nitrogens is 4. The molecule has 3 aromatic rings. The number of hydrogen-bond acceptors (Lipinski definition) is 6. The van der Waals surface area contributed by atoms with Gasteiger partial charge >= 0.3 is 5.97 Å². The van der Waals surface area contributed by atoms with Gasteiger partial charge in [-0.1, -0.05) is 23.9 Å². The van der Waals surface area contributed by atoms with E-state index in [1.807, 2.05) is 0 Å². The number of benzene rings is 2. The molecule has 1 heterocycles. The van der Waals surface area contributed by atoms with Crippen molar-refractivity contribution in [2.24, 2.45) is 0 Å². The maximum Gasteiger partial charge on any atom is 0.335 e. The average molecular weight is 387 g/mol. The second-order valence-corrected chi connectivity index (χ2v) is 6.36. The topological polar surface area (TPSA) is 110 Å². The number of rotatable bonds is 7. The van der Waals surface area contributed by atoms with Gasteiger partial charge in [-0.3, -0.25) is 4.79 Å². The lowest BCUT2D eigenvalue weighted by Crippen LogP contribution is -2.24. The van der Waals surface area contributed by atoms with Crippen molar-refractivity contribution in [1.82, 2.24) is 25.5 Å². The van der Waals surface area contributed by atoms with E-state index in [0.29, 0.717) is 17.4 Å². The molecule has 8 nitrogen and oxygen atoms in total. The fourth-order valence-corrected chi connectivity index (χ4v) is 2.88. The first kappa shape index (κ1) is 18.5. The van der Waals surface area contributed by atoms with Gasteiger partial charge < -0.3 is 10.4 Å². The number of nitrogens with zero attached hydrogens (tertiary/aromatic N) is 4. The number of halogens is 1. The van der Waals surface area contributed by atoms with Crippen LogP contribution in [-0.2, 0) is 11.3 Å². The van der Waals surface area contributed by atoms with Crippen molar-refractivity contribution >= 4 is 23.6 Å². The maximum atomic E-state index is 12.9. The van der Waals surface area contributed by atoms with E-state index >= 15 is 0 Å². The summed E-state index contributed by atoms with van der Waals surface area (Å²) in [5.41, 5.74) is 1.53. The Morgan fingerprint density at radius 1 is 1.11 bits per heavy atom. The minimum Gasteiger partial charge on any atom is -0.478 e. The van der Waals surface area contributed by atoms with Gasteiger partial charge in [0.1, 0.15) is 5.82 Å². The quantitative estimate of drug-likeness (QED) is 0.596. The molecule has 0 bridgehead atoms. The van der Waals surface area contributed by atoms with Crippen molar-refractivity contribution in [3.05, 3.63) is 65.5 Å². The maximum absolute atomic E-state index is 12.9. The Hall–Kier alpha value is -3.27. The first-order valence-electron chi connectivity index (χ1n) is 7.79. The Morgan fingerprint density at radius 3 is 2.48 bits per heavy atom. The molecule has 0 aliphatic heterocycles. The smallest absolute Gasteiger partial charge is 0.335 e. The molecule has 0 atom stereocenters. The number of amides is 1. The van der Waals surface area contributed by atoms with Crippen molar-refractivity contribution in [2.45, 2.75) is 11.7 Å². The van der Waals surface area contributed by atoms with E-state index in [2.05, 4.69) is 20.8 Å². The molecule has 10 heteroatoms. The van der Waals surface area contributed by atoms with Gasteiger partial charge in [-0.25, -0.2) is 9.18 Å². The molecule has 0 aliphatic carbocycles. The van der Waals surface area contributed by atoms with Crippen molar-refractivity contribution in [3.63, 3.8) is 0 Å². The summed E-state index contributed by atoms with van der Waals surface area (Å²) in [5, 5.41) is 23.4. The van der Waals surface area contributed by atoms with Gasteiger partial charge in [0.2, 0.25) is 11.1 Å². The Labute approximate surface area is 157 Å². The van der Waals surface area contributed by atoms with Crippen molar-refractivity contribution in [2.75, 3.05) is 5.75 Å². The van der Waals surface area contributed by atoms with Crippen LogP contribution in [0, 0.1) is 5.82 Å². The molecule has 0 saturated carbocycles. The monoisotopic (exact) mass is 387 g/mol. The summed E-state index contributed by atoms with van der Waals surface area (Å²) in [5.74, 6) is -1.48. The lowest BCUT2D eigenvalue weighted by Gasteiger charge is -2.06. The summed E-state index contributed by atoms with van der Waals surface area (Å²) in [6.07, 6.45) is 0. The number of carboxylic acid groups (broad SMARTS) is 1. The van der Waals surface area contributed by atoms with E-state index in [4.69, 9.17) is 5.11 Å². The minimum absolute atomic E-state index is 0.0920. The summed E-state index contributed by atoms with van der Waals surface area (Å²) in [7, 11) is 0. The largest absolute Gasteiger partial charge is 0.478 e. The van der Waals surface area contributed by atoms with Gasteiger partial charge in [0.15, 0.2) is 0 Å². The van der Waals surface area contributed by atoms with Crippen LogP contribution in [-0.4, -0.2) is 42.9 Å². The van der Waals surface area contributed by atoms with Gasteiger partial charge in [0.25, 0.3) is 0 Å². The Bertz CT molecular complexity index is 944. The summed E-state index contributed by atoms with van der Waals surface area (Å²) in [6.45, 7) is 0.293. The number of carbonyl (C=O) groups excluding carboxylic acids is 1. The number of thioether (sulfide) groups is 1. The summed E-state index contributed by atoms with van der Waals surface area (Å²) in [4.78, 5) is 22.9. The van der Waals surface area contributed by atoms with Crippen molar-refractivity contribution in [1.29, 1.82) is 0 Å². The number of aromatic carboxylic acids is 1. The number of nitrogens with one attached hydrogen (secondary N) is 1. The zero-order valence-electron chi connectivity index (χ0n) is 13.9. The molecule has 0 radical (unpaired) electrons. The second kappa shape index (κ2) is 8.41. The fraction of sp³-hybridized carbons (Fsp3) is 0.118. The first-order valence-corrected chi connectivity index (χ1v) is 8.77. The van der Waals surface area contributed by atoms with Crippen molar-refractivity contribution < 1.29 is 19.1 Å². The number of hydrogen-bond donors (Lipinski definition) is 2. The molecule has 0 fully saturated rings. The normalized spacial score (nSPS) is 10.6. The first-order chi connectivity index (χ1) is 13.0. The highest BCUT2D eigenvalue weighted by Gasteiger charge is 2.12. The molecule has 0 aliphatic rings. The van der Waals surface area contributed by atoms with E-state index in [0.717, 1.165) is 17.3 Å². The lowest BCUT2D eigenvalue weighted by atomic mass is 10.2. The predicted octanol–water partition coefficient (Wildman–Crippen LogP) is 1.91. The molecule has 0 unspecified atom stereocenters. The molecule has 27 heavy (non-hydrogen) atoms. The zero-order valence-corrected chi connectivity index (χ0v) is 14.7. The standard InChI is InChI=1S/C17H14FN5O3S/c18-13-5-1-11(2-6-13)9-19-15(24)10-27-17-20-21-22-23(17)14-7-3-12(4-8-14)16(25)26/h1-8H,9-10H2,(H,19,24)(H,25,26). The molecule has 138 valence electrons. The molecule has 1 amide bonds. The number of tetrazole rings is 1. The molecule has 3 rings (SSSR count). The van der Waals surface area contributed by atoms with Crippen LogP contribution in [0.15, 0.2) is 53.7 Å². The lowest BCUT2D eigenvalue weighted by molar-refractivity contribution is -0.118. The van der Waals surface area contributed by atoms with Gasteiger partial charge in [0, 0.05) is 6.54 Å². The molecule has 0 saturated heterocycles. The molecule has 2 aromatic carbocycles. The van der Waals surface area contributed by atoms with Crippen LogP contribution in [0.4, 0.5) is 4.39 Å². The minimum atomic E-state index is -1.02. The van der Waals surface area contributed by atoms with Gasteiger partial charge in [-0.2, -0.15) is 4.68 Å². The fourth-order valence-electron chi connectivity index (χ4n) is 2.16. The van der Waals surface area contributed by atoms with Crippen LogP contribution in [0.2, 0.25) is 0 Å². The molecule has 2 N–H and O–H groups in total. The van der Waals surface area contributed by atoms with Crippen molar-refractivity contribution in [3.8, 4) is 5.69 Å². The Kier molecular flexibility index (Phi) is 5.77. The Balaban J connectivity index is 1.57. The highest BCUT2D eigenvalue weighted by molar-refractivity contribution is 7.99. The average Bonchev–Trinajstić information content (AvgIpc) is 3.14. The van der Waals surface area contributed by atoms with Gasteiger partial charge in [-0.15, -0.1) is 5.10 Å². The van der Waals surface area contributed by atoms with Crippen LogP contribution in [0.25, 0.3) is 5.69 Å². The number of carboxylic acids is 1. The van der Waals surface area contributed by atoms with Crippen LogP contribution in [0.1, 0.15) is 15.9 Å². The zero-order chi connectivity index (χ0) is 19.2. The summed E-state index contributed by atoms with van der Waals surface area (Å²) in [6, 6.07) is 11.9. The highest BCUT2D eigenvalue weighted by atomic mass is 32.2. The second-order valence-electron chi connectivity index (χ2n) is 5.42. The van der Waals surface area contributed by atoms with Crippen LogP contribution >= 0.6 is 11.8 Å². The SMILES string of the molecule is O=C(CSc1nnnn1-c1ccc(C(=O)O)cc1)NCc1ccc(F)cc1. The highest BCUT2D eigenvalue weighted by Crippen LogP contribution is 2.18. The predicted molar refractivity (Wildman–Crippen MR) is 95.1 cm³/mol.